The summed E-state index contributed by atoms with van der Waals surface area (Å²) in [6.45, 7) is 0. The smallest absolute Gasteiger partial charge is 0.264 e. The normalized spacial score (nSPS) is 16.9. The lowest BCUT2D eigenvalue weighted by molar-refractivity contribution is -0.115. The van der Waals surface area contributed by atoms with E-state index in [2.05, 4.69) is 10.3 Å². The van der Waals surface area contributed by atoms with Gasteiger partial charge in [0.25, 0.3) is 5.91 Å². The molecule has 1 aliphatic heterocycles. The Balaban J connectivity index is 1.72. The molecular formula is C17H10ClN3O2S. The van der Waals surface area contributed by atoms with Gasteiger partial charge >= 0.3 is 0 Å². The van der Waals surface area contributed by atoms with E-state index in [9.17, 15) is 4.79 Å². The van der Waals surface area contributed by atoms with Gasteiger partial charge in [-0.1, -0.05) is 23.7 Å². The van der Waals surface area contributed by atoms with Crippen LogP contribution in [0.4, 0.5) is 0 Å². The second kappa shape index (κ2) is 7.21. The minimum Gasteiger partial charge on any atom is -0.457 e. The minimum atomic E-state index is -0.268. The van der Waals surface area contributed by atoms with Crippen LogP contribution >= 0.6 is 23.4 Å². The Kier molecular flexibility index (Phi) is 4.85. The summed E-state index contributed by atoms with van der Waals surface area (Å²) in [7, 11) is 0. The molecule has 1 aliphatic rings. The summed E-state index contributed by atoms with van der Waals surface area (Å²) in [6.07, 6.45) is 3.38. The zero-order valence-electron chi connectivity index (χ0n) is 12.2. The number of carbonyl (C=O) groups excluding carboxylic acids is 1. The average molecular weight is 356 g/mol. The van der Waals surface area contributed by atoms with Gasteiger partial charge in [-0.3, -0.25) is 10.1 Å². The first-order valence-corrected chi connectivity index (χ1v) is 8.04. The molecule has 5 nitrogen and oxygen atoms in total. The van der Waals surface area contributed by atoms with Gasteiger partial charge in [0, 0.05) is 5.02 Å². The van der Waals surface area contributed by atoms with Crippen LogP contribution in [0.3, 0.4) is 0 Å². The van der Waals surface area contributed by atoms with Crippen molar-refractivity contribution in [2.45, 2.75) is 0 Å². The number of amides is 1. The van der Waals surface area contributed by atoms with Crippen LogP contribution in [-0.2, 0) is 4.79 Å². The highest BCUT2D eigenvalue weighted by atomic mass is 35.5. The average Bonchev–Trinajstić information content (AvgIpc) is 2.91. The van der Waals surface area contributed by atoms with E-state index >= 15 is 0 Å². The minimum absolute atomic E-state index is 0.268. The van der Waals surface area contributed by atoms with Crippen molar-refractivity contribution in [1.29, 1.82) is 5.26 Å². The van der Waals surface area contributed by atoms with Crippen LogP contribution in [0.1, 0.15) is 5.56 Å². The number of rotatable bonds is 3. The molecule has 0 aromatic heterocycles. The van der Waals surface area contributed by atoms with Gasteiger partial charge in [0.1, 0.15) is 11.5 Å². The number of nitrogens with one attached hydrogen (secondary N) is 1. The van der Waals surface area contributed by atoms with Crippen LogP contribution in [0.2, 0.25) is 5.02 Å². The van der Waals surface area contributed by atoms with E-state index in [-0.39, 0.29) is 11.1 Å². The molecular weight excluding hydrogens is 346 g/mol. The van der Waals surface area contributed by atoms with Crippen LogP contribution in [0.15, 0.2) is 58.4 Å². The third kappa shape index (κ3) is 3.96. The summed E-state index contributed by atoms with van der Waals surface area (Å²) in [5.74, 6) is 1.10. The Morgan fingerprint density at radius 3 is 2.38 bits per heavy atom. The zero-order valence-corrected chi connectivity index (χ0v) is 13.8. The zero-order chi connectivity index (χ0) is 16.9. The molecule has 2 aromatic rings. The predicted octanol–water partition coefficient (Wildman–Crippen LogP) is 4.17. The molecule has 0 atom stereocenters. The summed E-state index contributed by atoms with van der Waals surface area (Å²) in [5.41, 5.74) is 0.842. The van der Waals surface area contributed by atoms with Crippen LogP contribution in [0, 0.1) is 11.5 Å². The molecule has 1 amide bonds. The Morgan fingerprint density at radius 1 is 1.12 bits per heavy atom. The van der Waals surface area contributed by atoms with E-state index in [1.807, 2.05) is 24.3 Å². The first-order valence-electron chi connectivity index (χ1n) is 6.85. The monoisotopic (exact) mass is 355 g/mol. The van der Waals surface area contributed by atoms with Crippen molar-refractivity contribution in [2.24, 2.45) is 4.99 Å². The van der Waals surface area contributed by atoms with Gasteiger partial charge in [0.2, 0.25) is 6.19 Å². The van der Waals surface area contributed by atoms with Crippen LogP contribution in [-0.4, -0.2) is 11.1 Å². The van der Waals surface area contributed by atoms with Crippen LogP contribution < -0.4 is 10.1 Å². The maximum Gasteiger partial charge on any atom is 0.264 e. The Labute approximate surface area is 147 Å². The van der Waals surface area contributed by atoms with Gasteiger partial charge < -0.3 is 4.74 Å². The van der Waals surface area contributed by atoms with Crippen molar-refractivity contribution >= 4 is 40.5 Å². The summed E-state index contributed by atoms with van der Waals surface area (Å²) < 4.78 is 5.71. The Bertz CT molecular complexity index is 868. The van der Waals surface area contributed by atoms with Crippen LogP contribution in [0.5, 0.6) is 11.5 Å². The summed E-state index contributed by atoms with van der Waals surface area (Å²) in [5, 5.41) is 12.0. The fraction of sp³-hybridized carbons (Fsp3) is 0. The molecule has 0 spiro atoms. The number of thioether (sulfide) groups is 1. The van der Waals surface area contributed by atoms with E-state index in [0.29, 0.717) is 21.4 Å². The highest BCUT2D eigenvalue weighted by Gasteiger charge is 2.23. The highest BCUT2D eigenvalue weighted by molar-refractivity contribution is 8.18. The van der Waals surface area contributed by atoms with Gasteiger partial charge in [-0.25, -0.2) is 0 Å². The Hall–Kier alpha value is -2.75. The number of hydrogen-bond acceptors (Lipinski definition) is 5. The summed E-state index contributed by atoms with van der Waals surface area (Å²) in [4.78, 5) is 15.8. The molecule has 7 heteroatoms. The van der Waals surface area contributed by atoms with Crippen molar-refractivity contribution in [3.63, 3.8) is 0 Å². The number of benzene rings is 2. The fourth-order valence-corrected chi connectivity index (χ4v) is 2.85. The highest BCUT2D eigenvalue weighted by Crippen LogP contribution is 2.27. The van der Waals surface area contributed by atoms with Gasteiger partial charge in [-0.15, -0.1) is 4.99 Å². The third-order valence-corrected chi connectivity index (χ3v) is 4.19. The molecule has 118 valence electrons. The number of nitrogens with zero attached hydrogens (tertiary/aromatic N) is 2. The van der Waals surface area contributed by atoms with Crippen molar-refractivity contribution in [1.82, 2.24) is 5.32 Å². The second-order valence-electron chi connectivity index (χ2n) is 4.71. The number of aliphatic imine (C=N–C) groups is 1. The van der Waals surface area contributed by atoms with Gasteiger partial charge in [-0.05, 0) is 59.8 Å². The van der Waals surface area contributed by atoms with Crippen molar-refractivity contribution in [3.05, 3.63) is 64.0 Å². The topological polar surface area (TPSA) is 74.5 Å². The number of hydrogen-bond donors (Lipinski definition) is 1. The number of carbonyl (C=O) groups is 1. The SMILES string of the molecule is N#CN=C1NC(=O)C(=Cc2ccc(Oc3ccc(Cl)cc3)cc2)S1. The van der Waals surface area contributed by atoms with Crippen molar-refractivity contribution in [3.8, 4) is 17.7 Å². The van der Waals surface area contributed by atoms with Gasteiger partial charge in [0.05, 0.1) is 4.91 Å². The number of ether oxygens (including phenoxy) is 1. The maximum absolute atomic E-state index is 11.8. The summed E-state index contributed by atoms with van der Waals surface area (Å²) >= 11 is 6.97. The van der Waals surface area contributed by atoms with Crippen LogP contribution in [0.25, 0.3) is 6.08 Å². The molecule has 0 saturated carbocycles. The first-order chi connectivity index (χ1) is 11.6. The van der Waals surface area contributed by atoms with Gasteiger partial charge in [-0.2, -0.15) is 5.26 Å². The standard InChI is InChI=1S/C17H10ClN3O2S/c18-12-3-7-14(8-4-12)23-13-5-1-11(2-6-13)9-15-16(22)21-17(24-15)20-10-19/h1-9H,(H,20,21,22). The van der Waals surface area contributed by atoms with E-state index in [1.165, 1.54) is 0 Å². The summed E-state index contributed by atoms with van der Waals surface area (Å²) in [6, 6.07) is 14.4. The van der Waals surface area contributed by atoms with Gasteiger partial charge in [0.15, 0.2) is 5.17 Å². The molecule has 1 heterocycles. The van der Waals surface area contributed by atoms with E-state index in [0.717, 1.165) is 17.3 Å². The molecule has 0 radical (unpaired) electrons. The van der Waals surface area contributed by atoms with E-state index in [1.54, 1.807) is 36.5 Å². The third-order valence-electron chi connectivity index (χ3n) is 3.03. The molecule has 1 fully saturated rings. The molecule has 24 heavy (non-hydrogen) atoms. The van der Waals surface area contributed by atoms with E-state index < -0.39 is 0 Å². The lowest BCUT2D eigenvalue weighted by Crippen LogP contribution is -2.19. The van der Waals surface area contributed by atoms with E-state index in [4.69, 9.17) is 21.6 Å². The molecule has 2 aromatic carbocycles. The molecule has 1 N–H and O–H groups in total. The molecule has 0 bridgehead atoms. The Morgan fingerprint density at radius 2 is 1.75 bits per heavy atom. The molecule has 3 rings (SSSR count). The lowest BCUT2D eigenvalue weighted by Gasteiger charge is -2.06. The first kappa shape index (κ1) is 16.1. The number of halogens is 1. The number of nitriles is 1. The molecule has 1 saturated heterocycles. The predicted molar refractivity (Wildman–Crippen MR) is 94.7 cm³/mol. The second-order valence-corrected chi connectivity index (χ2v) is 6.17. The molecule has 0 unspecified atom stereocenters. The van der Waals surface area contributed by atoms with Crippen molar-refractivity contribution < 1.29 is 9.53 Å². The quantitative estimate of drug-likeness (QED) is 0.662. The maximum atomic E-state index is 11.8. The molecule has 0 aliphatic carbocycles. The fourth-order valence-electron chi connectivity index (χ4n) is 1.95. The largest absolute Gasteiger partial charge is 0.457 e. The number of amidine groups is 1. The van der Waals surface area contributed by atoms with Crippen molar-refractivity contribution in [2.75, 3.05) is 0 Å². The lowest BCUT2D eigenvalue weighted by atomic mass is 10.2.